The number of amidine groups is 1. The zero-order valence-electron chi connectivity index (χ0n) is 10.8. The van der Waals surface area contributed by atoms with Crippen molar-refractivity contribution in [3.63, 3.8) is 0 Å². The van der Waals surface area contributed by atoms with Crippen molar-refractivity contribution in [3.05, 3.63) is 22.9 Å². The summed E-state index contributed by atoms with van der Waals surface area (Å²) >= 11 is 1.51. The number of hydrogen-bond acceptors (Lipinski definition) is 5. The maximum Gasteiger partial charge on any atom is 0.173 e. The summed E-state index contributed by atoms with van der Waals surface area (Å²) in [5.41, 5.74) is 8.16. The van der Waals surface area contributed by atoms with Crippen LogP contribution in [-0.2, 0) is 0 Å². The number of oxime groups is 1. The molecule has 0 saturated carbocycles. The van der Waals surface area contributed by atoms with Gasteiger partial charge in [0.15, 0.2) is 5.84 Å². The summed E-state index contributed by atoms with van der Waals surface area (Å²) in [6.07, 6.45) is 0. The van der Waals surface area contributed by atoms with Crippen LogP contribution in [0.5, 0.6) is 0 Å². The van der Waals surface area contributed by atoms with Crippen molar-refractivity contribution in [1.82, 2.24) is 4.98 Å². The van der Waals surface area contributed by atoms with Crippen molar-refractivity contribution in [2.45, 2.75) is 25.8 Å². The second kappa shape index (κ2) is 6.61. The third-order valence-electron chi connectivity index (χ3n) is 2.49. The van der Waals surface area contributed by atoms with Gasteiger partial charge in [0.25, 0.3) is 0 Å². The average molecular weight is 269 g/mol. The molecule has 0 saturated heterocycles. The molecule has 0 aromatic carbocycles. The molecule has 0 radical (unpaired) electrons. The van der Waals surface area contributed by atoms with Crippen LogP contribution in [0, 0.1) is 19.8 Å². The normalized spacial score (nSPS) is 13.7. The molecule has 0 spiro atoms. The second-order valence-corrected chi connectivity index (χ2v) is 5.35. The minimum absolute atomic E-state index is 0.0687. The minimum atomic E-state index is 0.0687. The lowest BCUT2D eigenvalue weighted by atomic mass is 10.1. The highest BCUT2D eigenvalue weighted by molar-refractivity contribution is 7.99. The summed E-state index contributed by atoms with van der Waals surface area (Å²) in [4.78, 5) is 4.42. The molecule has 1 atom stereocenters. The first-order valence-corrected chi connectivity index (χ1v) is 6.68. The van der Waals surface area contributed by atoms with Gasteiger partial charge in [-0.05, 0) is 31.4 Å². The van der Waals surface area contributed by atoms with E-state index >= 15 is 0 Å². The second-order valence-electron chi connectivity index (χ2n) is 4.34. The highest BCUT2D eigenvalue weighted by atomic mass is 32.2. The fourth-order valence-electron chi connectivity index (χ4n) is 1.54. The Morgan fingerprint density at radius 1 is 1.56 bits per heavy atom. The van der Waals surface area contributed by atoms with Crippen molar-refractivity contribution < 1.29 is 10.3 Å². The standard InChI is InChI=1S/C12H19N3O2S/c1-7(5-16)6-18-12-10(11(13)15-17)8(2)4-9(3)14-12/h4,7,16-17H,5-6H2,1-3H3,(H2,13,15). The van der Waals surface area contributed by atoms with Gasteiger partial charge in [0.05, 0.1) is 5.56 Å². The number of aliphatic hydroxyl groups excluding tert-OH is 1. The highest BCUT2D eigenvalue weighted by Crippen LogP contribution is 2.25. The molecule has 0 aliphatic carbocycles. The van der Waals surface area contributed by atoms with Crippen LogP contribution in [0.4, 0.5) is 0 Å². The molecule has 5 nitrogen and oxygen atoms in total. The number of aliphatic hydroxyl groups is 1. The van der Waals surface area contributed by atoms with E-state index in [2.05, 4.69) is 10.1 Å². The van der Waals surface area contributed by atoms with E-state index in [1.807, 2.05) is 26.8 Å². The van der Waals surface area contributed by atoms with Gasteiger partial charge < -0.3 is 16.0 Å². The number of hydrogen-bond donors (Lipinski definition) is 3. The Morgan fingerprint density at radius 2 is 2.22 bits per heavy atom. The predicted molar refractivity (Wildman–Crippen MR) is 73.2 cm³/mol. The maximum atomic E-state index is 9.02. The Balaban J connectivity index is 3.08. The van der Waals surface area contributed by atoms with Gasteiger partial charge in [-0.3, -0.25) is 0 Å². The highest BCUT2D eigenvalue weighted by Gasteiger charge is 2.14. The summed E-state index contributed by atoms with van der Waals surface area (Å²) in [5, 5.41) is 21.6. The van der Waals surface area contributed by atoms with Crippen LogP contribution in [0.1, 0.15) is 23.7 Å². The molecule has 4 N–H and O–H groups in total. The summed E-state index contributed by atoms with van der Waals surface area (Å²) in [5.74, 6) is 0.981. The Labute approximate surface area is 111 Å². The molecule has 0 bridgehead atoms. The third kappa shape index (κ3) is 3.61. The lowest BCUT2D eigenvalue weighted by Crippen LogP contribution is -2.17. The van der Waals surface area contributed by atoms with Crippen LogP contribution in [0.15, 0.2) is 16.2 Å². The summed E-state index contributed by atoms with van der Waals surface area (Å²) < 4.78 is 0. The van der Waals surface area contributed by atoms with Crippen LogP contribution >= 0.6 is 11.8 Å². The molecule has 18 heavy (non-hydrogen) atoms. The zero-order chi connectivity index (χ0) is 13.7. The van der Waals surface area contributed by atoms with Crippen molar-refractivity contribution in [2.24, 2.45) is 16.8 Å². The molecule has 0 aliphatic heterocycles. The number of pyridine rings is 1. The first kappa shape index (κ1) is 14.8. The number of rotatable bonds is 5. The van der Waals surface area contributed by atoms with Gasteiger partial charge in [-0.15, -0.1) is 11.8 Å². The number of aryl methyl sites for hydroxylation is 2. The SMILES string of the molecule is Cc1cc(C)c(C(N)=NO)c(SCC(C)CO)n1. The zero-order valence-corrected chi connectivity index (χ0v) is 11.7. The van der Waals surface area contributed by atoms with E-state index in [9.17, 15) is 0 Å². The smallest absolute Gasteiger partial charge is 0.173 e. The Kier molecular flexibility index (Phi) is 5.43. The monoisotopic (exact) mass is 269 g/mol. The van der Waals surface area contributed by atoms with Gasteiger partial charge in [0, 0.05) is 18.1 Å². The van der Waals surface area contributed by atoms with Crippen LogP contribution in [0.3, 0.4) is 0 Å². The van der Waals surface area contributed by atoms with E-state index in [1.54, 1.807) is 0 Å². The van der Waals surface area contributed by atoms with Gasteiger partial charge in [-0.25, -0.2) is 4.98 Å². The molecular weight excluding hydrogens is 250 g/mol. The first-order chi connectivity index (χ1) is 8.49. The lowest BCUT2D eigenvalue weighted by molar-refractivity contribution is 0.250. The number of thioether (sulfide) groups is 1. The van der Waals surface area contributed by atoms with Gasteiger partial charge in [0.1, 0.15) is 5.03 Å². The number of aromatic nitrogens is 1. The average Bonchev–Trinajstić information content (AvgIpc) is 2.34. The van der Waals surface area contributed by atoms with Crippen LogP contribution < -0.4 is 5.73 Å². The Hall–Kier alpha value is -1.27. The van der Waals surface area contributed by atoms with Crippen LogP contribution in [-0.4, -0.2) is 33.5 Å². The van der Waals surface area contributed by atoms with Crippen molar-refractivity contribution in [3.8, 4) is 0 Å². The first-order valence-electron chi connectivity index (χ1n) is 5.69. The third-order valence-corrected chi connectivity index (χ3v) is 3.80. The van der Waals surface area contributed by atoms with E-state index in [0.717, 1.165) is 22.0 Å². The number of nitrogens with two attached hydrogens (primary N) is 1. The molecule has 1 aromatic heterocycles. The fourth-order valence-corrected chi connectivity index (χ4v) is 2.71. The molecule has 1 aromatic rings. The quantitative estimate of drug-likeness (QED) is 0.248. The summed E-state index contributed by atoms with van der Waals surface area (Å²) in [6, 6.07) is 1.90. The molecule has 0 amide bonds. The van der Waals surface area contributed by atoms with E-state index in [-0.39, 0.29) is 18.4 Å². The summed E-state index contributed by atoms with van der Waals surface area (Å²) in [6.45, 7) is 5.90. The van der Waals surface area contributed by atoms with Crippen LogP contribution in [0.2, 0.25) is 0 Å². The van der Waals surface area contributed by atoms with Gasteiger partial charge in [0.2, 0.25) is 0 Å². The molecule has 0 fully saturated rings. The van der Waals surface area contributed by atoms with E-state index in [0.29, 0.717) is 5.56 Å². The fraction of sp³-hybridized carbons (Fsp3) is 0.500. The number of nitrogens with zero attached hydrogens (tertiary/aromatic N) is 2. The van der Waals surface area contributed by atoms with E-state index in [4.69, 9.17) is 16.0 Å². The van der Waals surface area contributed by atoms with E-state index in [1.165, 1.54) is 11.8 Å². The molecule has 6 heteroatoms. The minimum Gasteiger partial charge on any atom is -0.409 e. The van der Waals surface area contributed by atoms with Crippen molar-refractivity contribution in [1.29, 1.82) is 0 Å². The topological polar surface area (TPSA) is 91.7 Å². The van der Waals surface area contributed by atoms with Crippen LogP contribution in [0.25, 0.3) is 0 Å². The predicted octanol–water partition coefficient (Wildman–Crippen LogP) is 1.51. The molecule has 1 unspecified atom stereocenters. The van der Waals surface area contributed by atoms with Gasteiger partial charge in [-0.1, -0.05) is 12.1 Å². The Bertz CT molecular complexity index is 449. The van der Waals surface area contributed by atoms with Gasteiger partial charge >= 0.3 is 0 Å². The van der Waals surface area contributed by atoms with Crippen molar-refractivity contribution in [2.75, 3.05) is 12.4 Å². The maximum absolute atomic E-state index is 9.02. The molecule has 0 aliphatic rings. The Morgan fingerprint density at radius 3 is 2.78 bits per heavy atom. The van der Waals surface area contributed by atoms with Crippen molar-refractivity contribution >= 4 is 17.6 Å². The van der Waals surface area contributed by atoms with Gasteiger partial charge in [-0.2, -0.15) is 0 Å². The lowest BCUT2D eigenvalue weighted by Gasteiger charge is -2.13. The molecule has 100 valence electrons. The molecule has 1 heterocycles. The molecule has 1 rings (SSSR count). The van der Waals surface area contributed by atoms with E-state index < -0.39 is 0 Å². The largest absolute Gasteiger partial charge is 0.409 e. The summed E-state index contributed by atoms with van der Waals surface area (Å²) in [7, 11) is 0. The molecular formula is C12H19N3O2S.